The molecule has 0 amide bonds. The predicted octanol–water partition coefficient (Wildman–Crippen LogP) is 2.59. The molecule has 0 aliphatic heterocycles. The van der Waals surface area contributed by atoms with Gasteiger partial charge in [0.05, 0.1) is 18.2 Å². The molecular formula is C14H13FN2O2. The number of aliphatic hydroxyl groups is 1. The lowest BCUT2D eigenvalue weighted by atomic mass is 9.83. The van der Waals surface area contributed by atoms with Crippen LogP contribution in [0, 0.1) is 17.1 Å². The Morgan fingerprint density at radius 2 is 2.21 bits per heavy atom. The Morgan fingerprint density at radius 3 is 2.79 bits per heavy atom. The summed E-state index contributed by atoms with van der Waals surface area (Å²) in [4.78, 5) is 3.81. The first-order chi connectivity index (χ1) is 9.27. The Hall–Kier alpha value is -2.19. The lowest BCUT2D eigenvalue weighted by molar-refractivity contribution is 0.262. The predicted molar refractivity (Wildman–Crippen MR) is 65.7 cm³/mol. The van der Waals surface area contributed by atoms with Crippen molar-refractivity contribution < 1.29 is 13.9 Å². The molecule has 19 heavy (non-hydrogen) atoms. The molecule has 1 N–H and O–H groups in total. The molecule has 1 aromatic heterocycles. The minimum Gasteiger partial charge on any atom is -0.448 e. The Balaban J connectivity index is 2.39. The molecular weight excluding hydrogens is 247 g/mol. The van der Waals surface area contributed by atoms with Crippen molar-refractivity contribution in [2.45, 2.75) is 18.3 Å². The molecule has 98 valence electrons. The zero-order valence-corrected chi connectivity index (χ0v) is 10.2. The van der Waals surface area contributed by atoms with Gasteiger partial charge in [0.15, 0.2) is 6.39 Å². The summed E-state index contributed by atoms with van der Waals surface area (Å²) in [5, 5.41) is 18.5. The molecule has 0 spiro atoms. The van der Waals surface area contributed by atoms with Gasteiger partial charge in [0.1, 0.15) is 11.6 Å². The van der Waals surface area contributed by atoms with E-state index in [-0.39, 0.29) is 6.61 Å². The summed E-state index contributed by atoms with van der Waals surface area (Å²) < 4.78 is 19.0. The van der Waals surface area contributed by atoms with Gasteiger partial charge in [-0.3, -0.25) is 0 Å². The quantitative estimate of drug-likeness (QED) is 0.897. The van der Waals surface area contributed by atoms with E-state index in [1.165, 1.54) is 18.7 Å². The summed E-state index contributed by atoms with van der Waals surface area (Å²) in [7, 11) is 0. The number of nitriles is 1. The minimum absolute atomic E-state index is 0.113. The third-order valence-corrected chi connectivity index (χ3v) is 3.04. The summed E-state index contributed by atoms with van der Waals surface area (Å²) in [5.74, 6) is -1.10. The van der Waals surface area contributed by atoms with Gasteiger partial charge in [0, 0.05) is 18.1 Å². The van der Waals surface area contributed by atoms with Gasteiger partial charge >= 0.3 is 0 Å². The standard InChI is InChI=1S/C14H13FN2O2/c15-13-4-2-1-3-10(13)12(7-16)11(5-6-18)14-8-17-9-19-14/h1-4,8-9,11-12,18H,5-6H2/t11-,12+/m1/s1. The number of aliphatic hydroxyl groups excluding tert-OH is 1. The summed E-state index contributed by atoms with van der Waals surface area (Å²) in [6.45, 7) is -0.113. The van der Waals surface area contributed by atoms with Crippen molar-refractivity contribution in [2.75, 3.05) is 6.61 Å². The molecule has 4 nitrogen and oxygen atoms in total. The minimum atomic E-state index is -0.721. The summed E-state index contributed by atoms with van der Waals surface area (Å²) >= 11 is 0. The Labute approximate surface area is 110 Å². The molecule has 5 heteroatoms. The second-order valence-electron chi connectivity index (χ2n) is 4.15. The first kappa shape index (κ1) is 13.2. The van der Waals surface area contributed by atoms with Crippen LogP contribution in [0.5, 0.6) is 0 Å². The van der Waals surface area contributed by atoms with Gasteiger partial charge in [0.2, 0.25) is 0 Å². The van der Waals surface area contributed by atoms with Gasteiger partial charge in [0.25, 0.3) is 0 Å². The van der Waals surface area contributed by atoms with E-state index in [1.807, 2.05) is 0 Å². The van der Waals surface area contributed by atoms with E-state index in [4.69, 9.17) is 9.52 Å². The molecule has 2 rings (SSSR count). The van der Waals surface area contributed by atoms with Crippen molar-refractivity contribution in [3.63, 3.8) is 0 Å². The maximum Gasteiger partial charge on any atom is 0.180 e. The van der Waals surface area contributed by atoms with Crippen LogP contribution in [0.25, 0.3) is 0 Å². The van der Waals surface area contributed by atoms with E-state index in [9.17, 15) is 9.65 Å². The number of hydrogen-bond acceptors (Lipinski definition) is 4. The fraction of sp³-hybridized carbons (Fsp3) is 0.286. The lowest BCUT2D eigenvalue weighted by Gasteiger charge is -2.19. The number of benzene rings is 1. The molecule has 0 saturated heterocycles. The van der Waals surface area contributed by atoms with Crippen LogP contribution in [0.1, 0.15) is 29.6 Å². The van der Waals surface area contributed by atoms with Gasteiger partial charge in [-0.2, -0.15) is 5.26 Å². The second kappa shape index (κ2) is 6.12. The van der Waals surface area contributed by atoms with E-state index >= 15 is 0 Å². The number of oxazole rings is 1. The first-order valence-electron chi connectivity index (χ1n) is 5.91. The molecule has 1 aromatic carbocycles. The highest BCUT2D eigenvalue weighted by atomic mass is 19.1. The summed E-state index contributed by atoms with van der Waals surface area (Å²) in [6.07, 6.45) is 3.06. The van der Waals surface area contributed by atoms with Gasteiger partial charge in [-0.15, -0.1) is 0 Å². The largest absolute Gasteiger partial charge is 0.448 e. The monoisotopic (exact) mass is 260 g/mol. The molecule has 2 aromatic rings. The third-order valence-electron chi connectivity index (χ3n) is 3.04. The Kier molecular flexibility index (Phi) is 4.26. The van der Waals surface area contributed by atoms with Crippen LogP contribution in [-0.2, 0) is 0 Å². The van der Waals surface area contributed by atoms with Crippen LogP contribution in [0.15, 0.2) is 41.3 Å². The van der Waals surface area contributed by atoms with Crippen LogP contribution in [-0.4, -0.2) is 16.7 Å². The SMILES string of the molecule is N#C[C@@H](c1ccccc1F)[C@@H](CCO)c1cnco1. The molecule has 1 heterocycles. The topological polar surface area (TPSA) is 70.0 Å². The molecule has 0 aliphatic carbocycles. The molecule has 0 saturated carbocycles. The average molecular weight is 260 g/mol. The molecule has 2 atom stereocenters. The van der Waals surface area contributed by atoms with E-state index in [2.05, 4.69) is 11.1 Å². The van der Waals surface area contributed by atoms with Crippen molar-refractivity contribution in [3.8, 4) is 6.07 Å². The van der Waals surface area contributed by atoms with Gasteiger partial charge in [-0.05, 0) is 12.5 Å². The van der Waals surface area contributed by atoms with E-state index < -0.39 is 17.7 Å². The second-order valence-corrected chi connectivity index (χ2v) is 4.15. The van der Waals surface area contributed by atoms with Crippen LogP contribution in [0.3, 0.4) is 0 Å². The summed E-state index contributed by atoms with van der Waals surface area (Å²) in [6, 6.07) is 8.23. The Morgan fingerprint density at radius 1 is 1.42 bits per heavy atom. The average Bonchev–Trinajstić information content (AvgIpc) is 2.94. The zero-order valence-electron chi connectivity index (χ0n) is 10.2. The van der Waals surface area contributed by atoms with Crippen molar-refractivity contribution in [1.82, 2.24) is 4.98 Å². The van der Waals surface area contributed by atoms with Crippen molar-refractivity contribution in [2.24, 2.45) is 0 Å². The van der Waals surface area contributed by atoms with Crippen molar-refractivity contribution >= 4 is 0 Å². The highest BCUT2D eigenvalue weighted by Crippen LogP contribution is 2.36. The molecule has 0 bridgehead atoms. The van der Waals surface area contributed by atoms with E-state index in [1.54, 1.807) is 18.2 Å². The maximum absolute atomic E-state index is 13.8. The third kappa shape index (κ3) is 2.80. The highest BCUT2D eigenvalue weighted by Gasteiger charge is 2.28. The summed E-state index contributed by atoms with van der Waals surface area (Å²) in [5.41, 5.74) is 0.305. The van der Waals surface area contributed by atoms with Crippen LogP contribution >= 0.6 is 0 Å². The normalized spacial score (nSPS) is 13.7. The first-order valence-corrected chi connectivity index (χ1v) is 5.91. The number of halogens is 1. The van der Waals surface area contributed by atoms with Gasteiger partial charge in [-0.25, -0.2) is 9.37 Å². The van der Waals surface area contributed by atoms with Crippen LogP contribution in [0.4, 0.5) is 4.39 Å². The van der Waals surface area contributed by atoms with Gasteiger partial charge < -0.3 is 9.52 Å². The molecule has 0 radical (unpaired) electrons. The van der Waals surface area contributed by atoms with Crippen LogP contribution in [0.2, 0.25) is 0 Å². The maximum atomic E-state index is 13.8. The smallest absolute Gasteiger partial charge is 0.180 e. The van der Waals surface area contributed by atoms with Gasteiger partial charge in [-0.1, -0.05) is 18.2 Å². The zero-order chi connectivity index (χ0) is 13.7. The number of hydrogen-bond donors (Lipinski definition) is 1. The van der Waals surface area contributed by atoms with E-state index in [0.29, 0.717) is 17.7 Å². The molecule has 0 unspecified atom stereocenters. The fourth-order valence-electron chi connectivity index (χ4n) is 2.12. The fourth-order valence-corrected chi connectivity index (χ4v) is 2.12. The lowest BCUT2D eigenvalue weighted by Crippen LogP contribution is -2.12. The van der Waals surface area contributed by atoms with Crippen molar-refractivity contribution in [3.05, 3.63) is 54.0 Å². The number of nitrogens with zero attached hydrogens (tertiary/aromatic N) is 2. The molecule has 0 fully saturated rings. The van der Waals surface area contributed by atoms with Crippen molar-refractivity contribution in [1.29, 1.82) is 5.26 Å². The Bertz CT molecular complexity index is 563. The highest BCUT2D eigenvalue weighted by molar-refractivity contribution is 5.30. The van der Waals surface area contributed by atoms with Crippen LogP contribution < -0.4 is 0 Å². The number of rotatable bonds is 5. The molecule has 0 aliphatic rings. The number of aromatic nitrogens is 1. The van der Waals surface area contributed by atoms with E-state index in [0.717, 1.165) is 0 Å².